The first-order valence-corrected chi connectivity index (χ1v) is 20.4. The Morgan fingerprint density at radius 2 is 1.06 bits per heavy atom. The van der Waals surface area contributed by atoms with Gasteiger partial charge in [0.1, 0.15) is 20.1 Å². The number of halogens is 1. The van der Waals surface area contributed by atoms with Crippen LogP contribution in [-0.2, 0) is 9.47 Å². The van der Waals surface area contributed by atoms with Gasteiger partial charge in [0.2, 0.25) is 0 Å². The van der Waals surface area contributed by atoms with Gasteiger partial charge in [-0.25, -0.2) is 0 Å². The van der Waals surface area contributed by atoms with Crippen molar-refractivity contribution >= 4 is 29.6 Å². The van der Waals surface area contributed by atoms with Crippen molar-refractivity contribution < 1.29 is 88.2 Å². The third-order valence-electron chi connectivity index (χ3n) is 9.72. The summed E-state index contributed by atoms with van der Waals surface area (Å²) in [7, 11) is 14.0. The quantitative estimate of drug-likeness (QED) is 0.101. The summed E-state index contributed by atoms with van der Waals surface area (Å²) in [5.41, 5.74) is 4.68. The third-order valence-corrected chi connectivity index (χ3v) is 9.72. The summed E-state index contributed by atoms with van der Waals surface area (Å²) in [6, 6.07) is 0. The predicted molar refractivity (Wildman–Crippen MR) is 182 cm³/mol. The molecule has 0 aromatic rings. The van der Waals surface area contributed by atoms with Crippen LogP contribution in [0.3, 0.4) is 0 Å². The molecule has 11 atom stereocenters. The predicted octanol–water partition coefficient (Wildman–Crippen LogP) is -5.65. The first-order chi connectivity index (χ1) is 21.9. The topological polar surface area (TPSA) is 171 Å². The SMILES string of the molecule is C=C(C)[C@H]1CC[C@H](C)C[C@@H]1O.C=C=C=C.C[C@H]1CC[C@H]2[C@H](C1)OC[C@@]2(C)O.C[C@H]1CC[C@H]2[C@H](C1)OC[C@]2(C)O.[B]B([B])[B].[Na+].[O-][I+3]([O-])([O-])[O-]. The number of hydrogen-bond acceptors (Lipinski definition) is 9. The molecule has 15 heteroatoms. The number of hydrogen-bond donors (Lipinski definition) is 3. The van der Waals surface area contributed by atoms with Gasteiger partial charge in [-0.2, -0.15) is 0 Å². The largest absolute Gasteiger partial charge is 1.00 e. The Bertz CT molecular complexity index is 948. The molecule has 0 amide bonds. The maximum absolute atomic E-state index is 9.95. The van der Waals surface area contributed by atoms with Crippen molar-refractivity contribution in [1.29, 1.82) is 0 Å². The molecule has 9 nitrogen and oxygen atoms in total. The van der Waals surface area contributed by atoms with E-state index in [0.717, 1.165) is 55.9 Å². The average molecular weight is 804 g/mol. The van der Waals surface area contributed by atoms with E-state index in [0.29, 0.717) is 49.1 Å². The van der Waals surface area contributed by atoms with Gasteiger partial charge < -0.3 is 24.8 Å². The number of aliphatic hydroxyl groups excluding tert-OH is 1. The molecule has 0 bridgehead atoms. The van der Waals surface area contributed by atoms with Gasteiger partial charge in [-0.3, -0.25) is 13.7 Å². The van der Waals surface area contributed by atoms with Crippen LogP contribution in [0.5, 0.6) is 0 Å². The molecule has 0 aromatic carbocycles. The van der Waals surface area contributed by atoms with E-state index in [9.17, 15) is 15.3 Å². The van der Waals surface area contributed by atoms with Crippen molar-refractivity contribution in [3.63, 3.8) is 0 Å². The molecule has 268 valence electrons. The molecular formula is C34H58B4INaO9. The summed E-state index contributed by atoms with van der Waals surface area (Å²) in [5, 5.41) is 29.6. The Morgan fingerprint density at radius 3 is 1.35 bits per heavy atom. The zero-order valence-electron chi connectivity index (χ0n) is 31.1. The van der Waals surface area contributed by atoms with Crippen molar-refractivity contribution in [2.75, 3.05) is 13.2 Å². The molecule has 6 radical (unpaired) electrons. The van der Waals surface area contributed by atoms with Crippen molar-refractivity contribution in [1.82, 2.24) is 0 Å². The van der Waals surface area contributed by atoms with Gasteiger partial charge in [0.05, 0.1) is 42.7 Å². The van der Waals surface area contributed by atoms with Gasteiger partial charge in [-0.05, 0) is 96.6 Å². The Morgan fingerprint density at radius 1 is 0.755 bits per heavy atom. The summed E-state index contributed by atoms with van der Waals surface area (Å²) < 4.78 is 45.7. The Hall–Kier alpha value is 0.670. The minimum atomic E-state index is -5.94. The van der Waals surface area contributed by atoms with Crippen LogP contribution < -0.4 is 63.4 Å². The van der Waals surface area contributed by atoms with E-state index >= 15 is 0 Å². The van der Waals surface area contributed by atoms with E-state index in [1.54, 1.807) is 0 Å². The van der Waals surface area contributed by atoms with E-state index in [2.05, 4.69) is 75.2 Å². The molecule has 3 saturated carbocycles. The van der Waals surface area contributed by atoms with Gasteiger partial charge in [-0.15, -0.1) is 0 Å². The molecule has 3 N–H and O–H groups in total. The zero-order valence-corrected chi connectivity index (χ0v) is 35.2. The maximum Gasteiger partial charge on any atom is 1.00 e. The van der Waals surface area contributed by atoms with Gasteiger partial charge >= 0.3 is 29.6 Å². The summed E-state index contributed by atoms with van der Waals surface area (Å²) in [5.74, 6) is 3.41. The molecule has 49 heavy (non-hydrogen) atoms. The average Bonchev–Trinajstić information content (AvgIpc) is 3.41. The fourth-order valence-corrected chi connectivity index (χ4v) is 7.14. The van der Waals surface area contributed by atoms with Gasteiger partial charge in [0, 0.05) is 47.4 Å². The molecule has 5 rings (SSSR count). The van der Waals surface area contributed by atoms with Crippen LogP contribution in [0.2, 0.25) is 0 Å². The molecule has 3 aliphatic carbocycles. The van der Waals surface area contributed by atoms with Crippen molar-refractivity contribution in [3.8, 4) is 0 Å². The van der Waals surface area contributed by atoms with Crippen LogP contribution in [0.4, 0.5) is 0 Å². The van der Waals surface area contributed by atoms with E-state index < -0.39 is 37.7 Å². The molecule has 2 saturated heterocycles. The van der Waals surface area contributed by atoms with Gasteiger partial charge in [0.25, 0.3) is 0 Å². The molecular weight excluding hydrogens is 746 g/mol. The van der Waals surface area contributed by atoms with E-state index in [1.165, 1.54) is 19.3 Å². The summed E-state index contributed by atoms with van der Waals surface area (Å²) in [4.78, 5) is 0. The minimum Gasteiger partial charge on any atom is -0.392 e. The second-order valence-corrected chi connectivity index (χ2v) is 16.9. The fourth-order valence-electron chi connectivity index (χ4n) is 7.14. The van der Waals surface area contributed by atoms with Crippen molar-refractivity contribution in [2.45, 2.75) is 129 Å². The Kier molecular flexibility index (Phi) is 26.3. The summed E-state index contributed by atoms with van der Waals surface area (Å²) in [6.07, 6.45) is 10.3. The molecule has 0 unspecified atom stereocenters. The number of fused-ring (bicyclic) bond motifs is 2. The van der Waals surface area contributed by atoms with Crippen molar-refractivity contribution in [2.24, 2.45) is 35.5 Å². The monoisotopic (exact) mass is 804 g/mol. The minimum absolute atomic E-state index is 0. The number of ether oxygens (including phenoxy) is 2. The number of rotatable bonds is 1. The third kappa shape index (κ3) is 22.5. The van der Waals surface area contributed by atoms with E-state index in [4.69, 9.17) is 23.2 Å². The van der Waals surface area contributed by atoms with Crippen LogP contribution in [0, 0.1) is 35.5 Å². The smallest absolute Gasteiger partial charge is 0.392 e. The van der Waals surface area contributed by atoms with E-state index in [1.807, 2.05) is 20.8 Å². The molecule has 2 aliphatic heterocycles. The zero-order chi connectivity index (χ0) is 37.5. The van der Waals surface area contributed by atoms with Gasteiger partial charge in [0.15, 0.2) is 0 Å². The molecule has 5 fully saturated rings. The Labute approximate surface area is 329 Å². The van der Waals surface area contributed by atoms with Crippen LogP contribution in [0.25, 0.3) is 0 Å². The van der Waals surface area contributed by atoms with E-state index in [-0.39, 0.29) is 35.7 Å². The van der Waals surface area contributed by atoms with Crippen LogP contribution in [0.1, 0.15) is 99.3 Å². The normalized spacial score (nSPS) is 37.0. The second-order valence-electron chi connectivity index (χ2n) is 14.7. The molecule has 5 aliphatic rings. The maximum atomic E-state index is 9.95. The second kappa shape index (κ2) is 24.9. The molecule has 0 spiro atoms. The number of aliphatic hydroxyl groups is 3. The van der Waals surface area contributed by atoms with Crippen LogP contribution in [0.15, 0.2) is 36.8 Å². The first kappa shape index (κ1) is 51.8. The molecule has 0 aromatic heterocycles. The van der Waals surface area contributed by atoms with Crippen LogP contribution >= 0.6 is 0 Å². The fraction of sp³-hybridized carbons (Fsp3) is 0.824. The van der Waals surface area contributed by atoms with Crippen molar-refractivity contribution in [3.05, 3.63) is 36.8 Å². The molecule has 2 heterocycles. The van der Waals surface area contributed by atoms with Gasteiger partial charge in [-0.1, -0.05) is 57.2 Å². The first-order valence-electron chi connectivity index (χ1n) is 16.9. The Balaban J connectivity index is 0. The summed E-state index contributed by atoms with van der Waals surface area (Å²) >= 11 is -5.94. The summed E-state index contributed by atoms with van der Waals surface area (Å²) in [6.45, 7) is 23.9. The standard InChI is InChI=1S/2C10H18O2.C10H18O.C4H4.B4.IO4.Na/c2*1-7-3-4-8-9(5-7)12-6-10(8,2)11;1-7(2)9-5-4-8(3)6-10(9)11;1-3-4-2;1-4(2)3;2-1(3,4)5;/h2*7-9,11H,3-6H2,1-2H3;8-11H,1,4-6H2,2-3H3;1-2H2;;;/q;;;;;-1;+1/t7-,8-,9-,10+;7-,8-,9-,10-;8-,9+,10-;;;;/m000..../s1. The van der Waals surface area contributed by atoms with Crippen LogP contribution in [-0.4, -0.2) is 87.6 Å².